The number of nitrogens with one attached hydrogen (secondary N) is 2. The number of aliphatic carboxylic acids is 1. The number of carboxylic acids is 1. The van der Waals surface area contributed by atoms with Crippen molar-refractivity contribution in [3.63, 3.8) is 0 Å². The summed E-state index contributed by atoms with van der Waals surface area (Å²) in [7, 11) is 0. The van der Waals surface area contributed by atoms with Crippen LogP contribution in [0.2, 0.25) is 0 Å². The van der Waals surface area contributed by atoms with Gasteiger partial charge in [-0.15, -0.1) is 11.3 Å². The minimum absolute atomic E-state index is 0.265. The zero-order valence-corrected chi connectivity index (χ0v) is 18.1. The van der Waals surface area contributed by atoms with E-state index in [9.17, 15) is 22.8 Å². The molecule has 3 aromatic rings. The van der Waals surface area contributed by atoms with Gasteiger partial charge in [-0.1, -0.05) is 12.1 Å². The van der Waals surface area contributed by atoms with Crippen molar-refractivity contribution in [1.82, 2.24) is 4.98 Å². The van der Waals surface area contributed by atoms with Gasteiger partial charge in [-0.2, -0.15) is 0 Å². The number of thiazole rings is 1. The minimum atomic E-state index is -1.66. The second-order valence-electron chi connectivity index (χ2n) is 7.83. The Balaban J connectivity index is 1.36. The van der Waals surface area contributed by atoms with Gasteiger partial charge in [0.25, 0.3) is 0 Å². The fraction of sp³-hybridized carbons (Fsp3) is 0.261. The van der Waals surface area contributed by atoms with E-state index in [0.29, 0.717) is 18.5 Å². The summed E-state index contributed by atoms with van der Waals surface area (Å²) in [5, 5.41) is 14.8. The fourth-order valence-corrected chi connectivity index (χ4v) is 4.91. The molecule has 0 spiro atoms. The number of urea groups is 1. The lowest BCUT2D eigenvalue weighted by atomic mass is 9.82. The highest BCUT2D eigenvalue weighted by Crippen LogP contribution is 2.39. The van der Waals surface area contributed by atoms with Crippen molar-refractivity contribution >= 4 is 34.7 Å². The molecule has 0 aliphatic heterocycles. The minimum Gasteiger partial charge on any atom is -0.481 e. The topological polar surface area (TPSA) is 91.3 Å². The number of benzene rings is 2. The third-order valence-electron chi connectivity index (χ3n) is 5.66. The van der Waals surface area contributed by atoms with Gasteiger partial charge in [-0.05, 0) is 55.5 Å². The first kappa shape index (κ1) is 22.8. The van der Waals surface area contributed by atoms with Crippen molar-refractivity contribution < 1.29 is 27.9 Å². The Hall–Kier alpha value is -3.40. The smallest absolute Gasteiger partial charge is 0.323 e. The third-order valence-corrected chi connectivity index (χ3v) is 6.87. The van der Waals surface area contributed by atoms with Crippen LogP contribution in [-0.4, -0.2) is 22.1 Å². The van der Waals surface area contributed by atoms with Gasteiger partial charge in [-0.25, -0.2) is 22.9 Å². The predicted octanol–water partition coefficient (Wildman–Crippen LogP) is 6.23. The lowest BCUT2D eigenvalue weighted by Crippen LogP contribution is -2.20. The maximum Gasteiger partial charge on any atom is 0.323 e. The number of aromatic nitrogens is 1. The largest absolute Gasteiger partial charge is 0.481 e. The van der Waals surface area contributed by atoms with E-state index in [1.165, 1.54) is 0 Å². The summed E-state index contributed by atoms with van der Waals surface area (Å²) in [6, 6.07) is 7.78. The zero-order chi connectivity index (χ0) is 23.5. The second-order valence-corrected chi connectivity index (χ2v) is 8.89. The van der Waals surface area contributed by atoms with Gasteiger partial charge >= 0.3 is 12.0 Å². The van der Waals surface area contributed by atoms with E-state index in [1.54, 1.807) is 41.8 Å². The average Bonchev–Trinajstić information content (AvgIpc) is 3.30. The zero-order valence-electron chi connectivity index (χ0n) is 17.3. The number of hydrogen-bond donors (Lipinski definition) is 3. The molecule has 10 heteroatoms. The van der Waals surface area contributed by atoms with Crippen molar-refractivity contribution in [2.45, 2.75) is 31.6 Å². The van der Waals surface area contributed by atoms with Crippen LogP contribution >= 0.6 is 11.3 Å². The molecule has 1 aliphatic carbocycles. The molecule has 2 amide bonds. The van der Waals surface area contributed by atoms with Crippen molar-refractivity contribution in [2.75, 3.05) is 10.6 Å². The number of rotatable bonds is 5. The lowest BCUT2D eigenvalue weighted by Gasteiger charge is -2.24. The summed E-state index contributed by atoms with van der Waals surface area (Å²) in [4.78, 5) is 28.7. The van der Waals surface area contributed by atoms with Gasteiger partial charge in [-0.3, -0.25) is 4.79 Å². The molecule has 33 heavy (non-hydrogen) atoms. The van der Waals surface area contributed by atoms with Crippen LogP contribution in [-0.2, 0) is 4.79 Å². The molecule has 0 atom stereocenters. The number of carbonyl (C=O) groups is 2. The maximum absolute atomic E-state index is 13.7. The van der Waals surface area contributed by atoms with E-state index in [4.69, 9.17) is 5.11 Å². The van der Waals surface area contributed by atoms with Crippen molar-refractivity contribution in [3.8, 4) is 10.4 Å². The van der Waals surface area contributed by atoms with Crippen LogP contribution in [0.3, 0.4) is 0 Å². The van der Waals surface area contributed by atoms with Crippen molar-refractivity contribution in [3.05, 3.63) is 65.1 Å². The lowest BCUT2D eigenvalue weighted by molar-refractivity contribution is -0.142. The highest BCUT2D eigenvalue weighted by molar-refractivity contribution is 7.15. The van der Waals surface area contributed by atoms with Crippen LogP contribution in [0.1, 0.15) is 36.6 Å². The molecule has 1 aliphatic rings. The van der Waals surface area contributed by atoms with E-state index in [2.05, 4.69) is 15.6 Å². The Labute approximate surface area is 191 Å². The van der Waals surface area contributed by atoms with Crippen molar-refractivity contribution in [1.29, 1.82) is 0 Å². The standard InChI is InChI=1S/C23H20F3N3O3S/c24-16-9-10-17(20(26)19(16)25)29-23(32)28-15-7-5-12(6-8-15)18-11-27-21(33-18)13-1-3-14(4-2-13)22(30)31/h5-11,13-14H,1-4H2,(H,30,31)(H2,28,29,32). The van der Waals surface area contributed by atoms with Gasteiger partial charge in [0.2, 0.25) is 0 Å². The van der Waals surface area contributed by atoms with E-state index in [0.717, 1.165) is 40.4 Å². The number of hydrogen-bond acceptors (Lipinski definition) is 4. The van der Waals surface area contributed by atoms with Gasteiger partial charge in [0, 0.05) is 17.8 Å². The molecule has 1 aromatic heterocycles. The molecule has 0 unspecified atom stereocenters. The molecule has 1 heterocycles. The Morgan fingerprint density at radius 2 is 1.64 bits per heavy atom. The molecular formula is C23H20F3N3O3S. The highest BCUT2D eigenvalue weighted by atomic mass is 32.1. The summed E-state index contributed by atoms with van der Waals surface area (Å²) in [6.07, 6.45) is 4.71. The van der Waals surface area contributed by atoms with Crippen molar-refractivity contribution in [2.24, 2.45) is 5.92 Å². The molecule has 6 nitrogen and oxygen atoms in total. The van der Waals surface area contributed by atoms with Crippen LogP contribution in [0.15, 0.2) is 42.6 Å². The van der Waals surface area contributed by atoms with E-state index >= 15 is 0 Å². The number of carbonyl (C=O) groups excluding carboxylic acids is 1. The van der Waals surface area contributed by atoms with Crippen LogP contribution in [0.4, 0.5) is 29.3 Å². The van der Waals surface area contributed by atoms with E-state index in [-0.39, 0.29) is 11.8 Å². The summed E-state index contributed by atoms with van der Waals surface area (Å²) in [5.74, 6) is -5.20. The van der Waals surface area contributed by atoms with Crippen LogP contribution in [0, 0.1) is 23.4 Å². The molecule has 0 bridgehead atoms. The van der Waals surface area contributed by atoms with E-state index in [1.807, 2.05) is 0 Å². The number of carboxylic acid groups (broad SMARTS) is 1. The van der Waals surface area contributed by atoms with Crippen LogP contribution in [0.5, 0.6) is 0 Å². The van der Waals surface area contributed by atoms with Crippen LogP contribution < -0.4 is 10.6 Å². The monoisotopic (exact) mass is 475 g/mol. The quantitative estimate of drug-likeness (QED) is 0.382. The van der Waals surface area contributed by atoms with Gasteiger partial charge in [0.1, 0.15) is 0 Å². The first-order valence-electron chi connectivity index (χ1n) is 10.3. The first-order valence-corrected chi connectivity index (χ1v) is 11.1. The number of anilines is 2. The summed E-state index contributed by atoms with van der Waals surface area (Å²) < 4.78 is 40.0. The predicted molar refractivity (Wildman–Crippen MR) is 119 cm³/mol. The molecule has 0 saturated heterocycles. The molecule has 1 saturated carbocycles. The Morgan fingerprint density at radius 3 is 2.30 bits per heavy atom. The summed E-state index contributed by atoms with van der Waals surface area (Å²) in [5.41, 5.74) is 0.851. The van der Waals surface area contributed by atoms with E-state index < -0.39 is 35.1 Å². The average molecular weight is 475 g/mol. The highest BCUT2D eigenvalue weighted by Gasteiger charge is 2.28. The normalized spacial score (nSPS) is 18.0. The van der Waals surface area contributed by atoms with Gasteiger partial charge < -0.3 is 15.7 Å². The summed E-state index contributed by atoms with van der Waals surface area (Å²) >= 11 is 1.56. The molecule has 3 N–H and O–H groups in total. The Bertz CT molecular complexity index is 1180. The van der Waals surface area contributed by atoms with Crippen LogP contribution in [0.25, 0.3) is 10.4 Å². The second kappa shape index (κ2) is 9.62. The number of amides is 2. The first-order chi connectivity index (χ1) is 15.8. The molecule has 1 fully saturated rings. The molecule has 4 rings (SSSR count). The Morgan fingerprint density at radius 1 is 0.939 bits per heavy atom. The number of nitrogens with zero attached hydrogens (tertiary/aromatic N) is 1. The fourth-order valence-electron chi connectivity index (χ4n) is 3.82. The van der Waals surface area contributed by atoms with Gasteiger partial charge in [0.05, 0.1) is 21.5 Å². The summed E-state index contributed by atoms with van der Waals surface area (Å²) in [6.45, 7) is 0. The third kappa shape index (κ3) is 5.16. The van der Waals surface area contributed by atoms with Gasteiger partial charge in [0.15, 0.2) is 17.5 Å². The molecular weight excluding hydrogens is 455 g/mol. The molecule has 2 aromatic carbocycles. The number of halogens is 3. The molecule has 172 valence electrons. The Kier molecular flexibility index (Phi) is 6.64. The molecule has 0 radical (unpaired) electrons. The maximum atomic E-state index is 13.7. The SMILES string of the molecule is O=C(Nc1ccc(-c2cnc(C3CCC(C(=O)O)CC3)s2)cc1)Nc1ccc(F)c(F)c1F.